The first-order chi connectivity index (χ1) is 8.08. The Morgan fingerprint density at radius 3 is 2.53 bits per heavy atom. The molecule has 2 saturated carbocycles. The highest BCUT2D eigenvalue weighted by atomic mass is 16.2. The molecule has 2 aliphatic carbocycles. The number of nitrogens with two attached hydrogens (primary N) is 1. The van der Waals surface area contributed by atoms with Crippen LogP contribution in [0.25, 0.3) is 0 Å². The van der Waals surface area contributed by atoms with Crippen LogP contribution in [0.5, 0.6) is 0 Å². The van der Waals surface area contributed by atoms with Crippen LogP contribution in [0.1, 0.15) is 38.5 Å². The summed E-state index contributed by atoms with van der Waals surface area (Å²) in [6.07, 6.45) is 4.29. The number of primary amides is 1. The number of nitrogens with one attached hydrogen (secondary N) is 1. The molecule has 0 radical (unpaired) electrons. The van der Waals surface area contributed by atoms with Crippen LogP contribution in [0.3, 0.4) is 0 Å². The minimum absolute atomic E-state index is 0.0520. The van der Waals surface area contributed by atoms with Crippen LogP contribution in [0, 0.1) is 11.8 Å². The van der Waals surface area contributed by atoms with Gasteiger partial charge < -0.3 is 11.1 Å². The van der Waals surface area contributed by atoms with Gasteiger partial charge in [-0.15, -0.1) is 0 Å². The Morgan fingerprint density at radius 1 is 1.29 bits per heavy atom. The number of carbonyl (C=O) groups is 3. The van der Waals surface area contributed by atoms with Crippen LogP contribution in [-0.4, -0.2) is 23.6 Å². The minimum Gasteiger partial charge on any atom is -0.368 e. The maximum absolute atomic E-state index is 11.6. The van der Waals surface area contributed by atoms with Gasteiger partial charge in [0.2, 0.25) is 11.8 Å². The molecule has 2 amide bonds. The highest BCUT2D eigenvalue weighted by Gasteiger charge is 2.36. The molecule has 0 aromatic rings. The molecule has 94 valence electrons. The second-order valence-electron chi connectivity index (χ2n) is 5.06. The summed E-state index contributed by atoms with van der Waals surface area (Å²) in [5.41, 5.74) is 5.32. The van der Waals surface area contributed by atoms with Crippen molar-refractivity contribution in [3.8, 4) is 0 Å². The lowest BCUT2D eigenvalue weighted by Gasteiger charge is -2.28. The summed E-state index contributed by atoms with van der Waals surface area (Å²) >= 11 is 0. The summed E-state index contributed by atoms with van der Waals surface area (Å²) in [6, 6.07) is -0.674. The van der Waals surface area contributed by atoms with Gasteiger partial charge in [0, 0.05) is 18.8 Å². The quantitative estimate of drug-likeness (QED) is 0.729. The van der Waals surface area contributed by atoms with Crippen molar-refractivity contribution in [1.82, 2.24) is 5.32 Å². The molecular weight excluding hydrogens is 220 g/mol. The first-order valence-corrected chi connectivity index (χ1v) is 6.19. The Morgan fingerprint density at radius 2 is 2.00 bits per heavy atom. The number of hydrogen-bond donors (Lipinski definition) is 2. The molecular formula is C12H18N2O3. The minimum atomic E-state index is -0.674. The van der Waals surface area contributed by atoms with E-state index in [4.69, 9.17) is 5.73 Å². The normalized spacial score (nSPS) is 26.4. The molecule has 5 nitrogen and oxygen atoms in total. The van der Waals surface area contributed by atoms with Gasteiger partial charge in [0.15, 0.2) is 0 Å². The summed E-state index contributed by atoms with van der Waals surface area (Å²) in [6.45, 7) is 0. The topological polar surface area (TPSA) is 89.3 Å². The fraction of sp³-hybridized carbons (Fsp3) is 0.750. The van der Waals surface area contributed by atoms with E-state index in [1.165, 1.54) is 0 Å². The Balaban J connectivity index is 1.97. The molecule has 5 heteroatoms. The standard InChI is InChI=1S/C12H18N2O3/c13-11(16)10(14-12(17)7-4-5-7)8-2-1-3-9(15)6-8/h7-8,10H,1-6H2,(H2,13,16)(H,14,17)/t8-,10-/m0/s1. The van der Waals surface area contributed by atoms with E-state index >= 15 is 0 Å². The highest BCUT2D eigenvalue weighted by molar-refractivity contribution is 5.89. The van der Waals surface area contributed by atoms with E-state index in [1.54, 1.807) is 0 Å². The fourth-order valence-corrected chi connectivity index (χ4v) is 2.38. The Kier molecular flexibility index (Phi) is 3.45. The lowest BCUT2D eigenvalue weighted by molar-refractivity contribution is -0.131. The lowest BCUT2D eigenvalue weighted by Crippen LogP contribution is -2.50. The zero-order chi connectivity index (χ0) is 12.4. The van der Waals surface area contributed by atoms with Crippen molar-refractivity contribution in [2.75, 3.05) is 0 Å². The van der Waals surface area contributed by atoms with Gasteiger partial charge in [0.05, 0.1) is 0 Å². The Bertz CT molecular complexity index is 350. The number of amides is 2. The zero-order valence-corrected chi connectivity index (χ0v) is 9.78. The summed E-state index contributed by atoms with van der Waals surface area (Å²) in [7, 11) is 0. The number of ketones is 1. The van der Waals surface area contributed by atoms with Crippen LogP contribution in [0.2, 0.25) is 0 Å². The van der Waals surface area contributed by atoms with E-state index in [-0.39, 0.29) is 23.5 Å². The molecule has 0 aromatic heterocycles. The highest BCUT2D eigenvalue weighted by Crippen LogP contribution is 2.30. The van der Waals surface area contributed by atoms with Crippen molar-refractivity contribution >= 4 is 17.6 Å². The van der Waals surface area contributed by atoms with Crippen LogP contribution in [0.4, 0.5) is 0 Å². The number of carbonyl (C=O) groups excluding carboxylic acids is 3. The first-order valence-electron chi connectivity index (χ1n) is 6.19. The average Bonchev–Trinajstić information content (AvgIpc) is 3.08. The monoisotopic (exact) mass is 238 g/mol. The van der Waals surface area contributed by atoms with E-state index in [0.717, 1.165) is 25.7 Å². The van der Waals surface area contributed by atoms with Gasteiger partial charge in [-0.3, -0.25) is 14.4 Å². The number of Topliss-reactive ketones (excluding diaryl/α,β-unsaturated/α-hetero) is 1. The summed E-state index contributed by atoms with van der Waals surface area (Å²) in [5, 5.41) is 2.70. The molecule has 3 N–H and O–H groups in total. The molecule has 0 spiro atoms. The van der Waals surface area contributed by atoms with Gasteiger partial charge in [-0.2, -0.15) is 0 Å². The molecule has 2 fully saturated rings. The summed E-state index contributed by atoms with van der Waals surface area (Å²) in [5.74, 6) is -0.522. The molecule has 0 aromatic carbocycles. The summed E-state index contributed by atoms with van der Waals surface area (Å²) < 4.78 is 0. The fourth-order valence-electron chi connectivity index (χ4n) is 2.38. The SMILES string of the molecule is NC(=O)[C@@H](NC(=O)C1CC1)[C@H]1CCCC(=O)C1. The van der Waals surface area contributed by atoms with Crippen LogP contribution < -0.4 is 11.1 Å². The van der Waals surface area contributed by atoms with Crippen molar-refractivity contribution < 1.29 is 14.4 Å². The van der Waals surface area contributed by atoms with Gasteiger partial charge in [0.1, 0.15) is 11.8 Å². The van der Waals surface area contributed by atoms with Gasteiger partial charge in [-0.1, -0.05) is 0 Å². The third kappa shape index (κ3) is 3.05. The largest absolute Gasteiger partial charge is 0.368 e. The molecule has 2 atom stereocenters. The second kappa shape index (κ2) is 4.85. The lowest BCUT2D eigenvalue weighted by atomic mass is 9.83. The van der Waals surface area contributed by atoms with E-state index in [0.29, 0.717) is 12.8 Å². The molecule has 0 unspecified atom stereocenters. The molecule has 2 aliphatic rings. The molecule has 2 rings (SSSR count). The van der Waals surface area contributed by atoms with E-state index in [2.05, 4.69) is 5.32 Å². The Labute approximate surface area is 100 Å². The van der Waals surface area contributed by atoms with Crippen molar-refractivity contribution in [1.29, 1.82) is 0 Å². The molecule has 0 aliphatic heterocycles. The van der Waals surface area contributed by atoms with Crippen molar-refractivity contribution in [2.24, 2.45) is 17.6 Å². The van der Waals surface area contributed by atoms with Crippen LogP contribution in [0.15, 0.2) is 0 Å². The predicted octanol–water partition coefficient (Wildman–Crippen LogP) is 0.126. The van der Waals surface area contributed by atoms with Crippen molar-refractivity contribution in [2.45, 2.75) is 44.6 Å². The van der Waals surface area contributed by atoms with Crippen molar-refractivity contribution in [3.63, 3.8) is 0 Å². The van der Waals surface area contributed by atoms with E-state index in [9.17, 15) is 14.4 Å². The third-order valence-electron chi connectivity index (χ3n) is 3.54. The average molecular weight is 238 g/mol. The maximum atomic E-state index is 11.6. The maximum Gasteiger partial charge on any atom is 0.240 e. The molecule has 17 heavy (non-hydrogen) atoms. The number of rotatable bonds is 4. The van der Waals surface area contributed by atoms with E-state index in [1.807, 2.05) is 0 Å². The predicted molar refractivity (Wildman–Crippen MR) is 60.8 cm³/mol. The smallest absolute Gasteiger partial charge is 0.240 e. The summed E-state index contributed by atoms with van der Waals surface area (Å²) in [4.78, 5) is 34.4. The zero-order valence-electron chi connectivity index (χ0n) is 9.78. The Hall–Kier alpha value is -1.39. The van der Waals surface area contributed by atoms with E-state index < -0.39 is 11.9 Å². The molecule has 0 heterocycles. The van der Waals surface area contributed by atoms with Crippen molar-refractivity contribution in [3.05, 3.63) is 0 Å². The van der Waals surface area contributed by atoms with Gasteiger partial charge in [-0.25, -0.2) is 0 Å². The molecule has 0 bridgehead atoms. The van der Waals surface area contributed by atoms with Gasteiger partial charge in [0.25, 0.3) is 0 Å². The third-order valence-corrected chi connectivity index (χ3v) is 3.54. The number of hydrogen-bond acceptors (Lipinski definition) is 3. The first kappa shape index (κ1) is 12.1. The van der Waals surface area contributed by atoms with Crippen LogP contribution >= 0.6 is 0 Å². The van der Waals surface area contributed by atoms with Gasteiger partial charge in [-0.05, 0) is 31.6 Å². The molecule has 0 saturated heterocycles. The van der Waals surface area contributed by atoms with Crippen LogP contribution in [-0.2, 0) is 14.4 Å². The van der Waals surface area contributed by atoms with Gasteiger partial charge >= 0.3 is 0 Å². The second-order valence-corrected chi connectivity index (χ2v) is 5.06.